The highest BCUT2D eigenvalue weighted by atomic mass is 16.5. The van der Waals surface area contributed by atoms with Crippen LogP contribution in [-0.2, 0) is 4.74 Å². The van der Waals surface area contributed by atoms with E-state index >= 15 is 0 Å². The van der Waals surface area contributed by atoms with Crippen LogP contribution in [0, 0.1) is 35.5 Å². The van der Waals surface area contributed by atoms with Gasteiger partial charge in [-0.05, 0) is 48.3 Å². The zero-order valence-electron chi connectivity index (χ0n) is 6.86. The van der Waals surface area contributed by atoms with E-state index in [0.29, 0.717) is 6.10 Å². The Hall–Kier alpha value is -0.0400. The first-order chi connectivity index (χ1) is 5.42. The van der Waals surface area contributed by atoms with Crippen LogP contribution in [0.2, 0.25) is 0 Å². The molecule has 0 aromatic heterocycles. The van der Waals surface area contributed by atoms with Gasteiger partial charge in [-0.25, -0.2) is 0 Å². The van der Waals surface area contributed by atoms with E-state index in [1.165, 1.54) is 18.3 Å². The summed E-state index contributed by atoms with van der Waals surface area (Å²) in [6, 6.07) is 0. The maximum Gasteiger partial charge on any atom is 0.0608 e. The summed E-state index contributed by atoms with van der Waals surface area (Å²) in [5, 5.41) is 0. The second-order valence-electron chi connectivity index (χ2n) is 4.97. The zero-order valence-corrected chi connectivity index (χ0v) is 6.86. The Labute approximate surface area is 67.1 Å². The average molecular weight is 150 g/mol. The monoisotopic (exact) mass is 150 g/mol. The SMILES string of the molecule is COC1CC2C3CC4C2C4C13. The summed E-state index contributed by atoms with van der Waals surface area (Å²) in [4.78, 5) is 0. The molecule has 0 spiro atoms. The molecule has 5 saturated carbocycles. The van der Waals surface area contributed by atoms with Gasteiger partial charge in [0.1, 0.15) is 0 Å². The fourth-order valence-corrected chi connectivity index (χ4v) is 4.92. The molecule has 7 atom stereocenters. The van der Waals surface area contributed by atoms with Crippen LogP contribution in [0.4, 0.5) is 0 Å². The van der Waals surface area contributed by atoms with Crippen LogP contribution in [0.25, 0.3) is 0 Å². The molecule has 0 saturated heterocycles. The van der Waals surface area contributed by atoms with Crippen molar-refractivity contribution in [1.82, 2.24) is 0 Å². The van der Waals surface area contributed by atoms with Crippen molar-refractivity contribution < 1.29 is 4.74 Å². The fourth-order valence-electron chi connectivity index (χ4n) is 4.92. The largest absolute Gasteiger partial charge is 0.381 e. The van der Waals surface area contributed by atoms with Crippen molar-refractivity contribution in [1.29, 1.82) is 0 Å². The minimum absolute atomic E-state index is 0.666. The van der Waals surface area contributed by atoms with Gasteiger partial charge in [0, 0.05) is 7.11 Å². The summed E-state index contributed by atoms with van der Waals surface area (Å²) in [7, 11) is 1.90. The third kappa shape index (κ3) is 0.395. The predicted molar refractivity (Wildman–Crippen MR) is 41.0 cm³/mol. The molecule has 5 aliphatic rings. The van der Waals surface area contributed by atoms with Crippen molar-refractivity contribution in [2.45, 2.75) is 18.9 Å². The Morgan fingerprint density at radius 3 is 2.27 bits per heavy atom. The quantitative estimate of drug-likeness (QED) is 0.551. The van der Waals surface area contributed by atoms with Gasteiger partial charge < -0.3 is 4.74 Å². The molecule has 0 aliphatic heterocycles. The summed E-state index contributed by atoms with van der Waals surface area (Å²) in [6.45, 7) is 0. The summed E-state index contributed by atoms with van der Waals surface area (Å²) >= 11 is 0. The van der Waals surface area contributed by atoms with Crippen LogP contribution in [0.5, 0.6) is 0 Å². The van der Waals surface area contributed by atoms with Crippen molar-refractivity contribution in [2.75, 3.05) is 7.11 Å². The number of hydrogen-bond donors (Lipinski definition) is 0. The fraction of sp³-hybridized carbons (Fsp3) is 1.00. The molecular weight excluding hydrogens is 136 g/mol. The summed E-state index contributed by atoms with van der Waals surface area (Å²) < 4.78 is 5.54. The third-order valence-corrected chi connectivity index (χ3v) is 5.06. The van der Waals surface area contributed by atoms with E-state index in [0.717, 1.165) is 23.7 Å². The second kappa shape index (κ2) is 1.39. The van der Waals surface area contributed by atoms with E-state index in [1.807, 2.05) is 7.11 Å². The van der Waals surface area contributed by atoms with E-state index < -0.39 is 0 Å². The zero-order chi connectivity index (χ0) is 7.16. The lowest BCUT2D eigenvalue weighted by atomic mass is 9.97. The van der Waals surface area contributed by atoms with Gasteiger partial charge >= 0.3 is 0 Å². The first-order valence-corrected chi connectivity index (χ1v) is 4.94. The summed E-state index contributed by atoms with van der Waals surface area (Å²) in [6.07, 6.45) is 3.65. The normalized spacial score (nSPS) is 74.5. The predicted octanol–water partition coefficient (Wildman–Crippen LogP) is 1.53. The number of hydrogen-bond acceptors (Lipinski definition) is 1. The highest BCUT2D eigenvalue weighted by molar-refractivity contribution is 5.25. The van der Waals surface area contributed by atoms with Gasteiger partial charge in [-0.1, -0.05) is 0 Å². The molecule has 7 unspecified atom stereocenters. The van der Waals surface area contributed by atoms with Crippen LogP contribution in [-0.4, -0.2) is 13.2 Å². The van der Waals surface area contributed by atoms with Crippen LogP contribution in [0.3, 0.4) is 0 Å². The third-order valence-electron chi connectivity index (χ3n) is 5.06. The Morgan fingerprint density at radius 1 is 0.909 bits per heavy atom. The van der Waals surface area contributed by atoms with Crippen molar-refractivity contribution >= 4 is 0 Å². The molecule has 0 radical (unpaired) electrons. The van der Waals surface area contributed by atoms with E-state index in [-0.39, 0.29) is 0 Å². The molecule has 0 amide bonds. The average Bonchev–Trinajstić information content (AvgIpc) is 2.41. The lowest BCUT2D eigenvalue weighted by Crippen LogP contribution is -2.21. The van der Waals surface area contributed by atoms with Crippen molar-refractivity contribution in [2.24, 2.45) is 35.5 Å². The van der Waals surface area contributed by atoms with E-state index in [4.69, 9.17) is 4.74 Å². The standard InChI is InChI=1S/C10H14O/c1-11-7-3-5-4-2-6-8(5)10(6)9(4)7/h4-10H,2-3H2,1H3. The van der Waals surface area contributed by atoms with Gasteiger partial charge in [0.05, 0.1) is 6.10 Å². The van der Waals surface area contributed by atoms with Crippen molar-refractivity contribution in [3.05, 3.63) is 0 Å². The van der Waals surface area contributed by atoms with Crippen LogP contribution in [0.1, 0.15) is 12.8 Å². The molecule has 0 heterocycles. The van der Waals surface area contributed by atoms with E-state index in [1.54, 1.807) is 6.42 Å². The minimum atomic E-state index is 0.666. The van der Waals surface area contributed by atoms with Crippen LogP contribution < -0.4 is 0 Å². The van der Waals surface area contributed by atoms with Crippen LogP contribution in [0.15, 0.2) is 0 Å². The van der Waals surface area contributed by atoms with Gasteiger partial charge in [0.15, 0.2) is 0 Å². The lowest BCUT2D eigenvalue weighted by molar-refractivity contribution is 0.0499. The molecule has 0 aromatic carbocycles. The smallest absolute Gasteiger partial charge is 0.0608 e. The molecule has 1 heteroatoms. The Kier molecular flexibility index (Phi) is 0.706. The first-order valence-electron chi connectivity index (χ1n) is 4.94. The highest BCUT2D eigenvalue weighted by Crippen LogP contribution is 2.81. The van der Waals surface area contributed by atoms with Gasteiger partial charge in [-0.15, -0.1) is 0 Å². The highest BCUT2D eigenvalue weighted by Gasteiger charge is 2.77. The summed E-state index contributed by atoms with van der Waals surface area (Å²) in [5.41, 5.74) is 0. The molecule has 0 N–H and O–H groups in total. The summed E-state index contributed by atoms with van der Waals surface area (Å²) in [5.74, 6) is 6.75. The second-order valence-corrected chi connectivity index (χ2v) is 4.97. The molecule has 5 aliphatic carbocycles. The Balaban J connectivity index is 1.80. The molecule has 60 valence electrons. The molecule has 6 bridgehead atoms. The molecule has 5 fully saturated rings. The minimum Gasteiger partial charge on any atom is -0.381 e. The van der Waals surface area contributed by atoms with E-state index in [2.05, 4.69) is 0 Å². The maximum absolute atomic E-state index is 5.54. The number of methoxy groups -OCH3 is 1. The number of rotatable bonds is 1. The van der Waals surface area contributed by atoms with E-state index in [9.17, 15) is 0 Å². The van der Waals surface area contributed by atoms with Gasteiger partial charge in [-0.2, -0.15) is 0 Å². The van der Waals surface area contributed by atoms with Crippen molar-refractivity contribution in [3.63, 3.8) is 0 Å². The van der Waals surface area contributed by atoms with Gasteiger partial charge in [0.2, 0.25) is 0 Å². The van der Waals surface area contributed by atoms with Crippen LogP contribution >= 0.6 is 0 Å². The Bertz CT molecular complexity index is 225. The maximum atomic E-state index is 5.54. The van der Waals surface area contributed by atoms with Crippen molar-refractivity contribution in [3.8, 4) is 0 Å². The molecular formula is C10H14O. The molecule has 5 rings (SSSR count). The lowest BCUT2D eigenvalue weighted by Gasteiger charge is -2.19. The topological polar surface area (TPSA) is 9.23 Å². The Morgan fingerprint density at radius 2 is 1.73 bits per heavy atom. The molecule has 1 nitrogen and oxygen atoms in total. The molecule has 0 aromatic rings. The first kappa shape index (κ1) is 5.58. The van der Waals surface area contributed by atoms with Gasteiger partial charge in [-0.3, -0.25) is 0 Å². The van der Waals surface area contributed by atoms with Gasteiger partial charge in [0.25, 0.3) is 0 Å². The number of ether oxygens (including phenoxy) is 1. The molecule has 11 heavy (non-hydrogen) atoms.